The third-order valence-corrected chi connectivity index (χ3v) is 3.99. The van der Waals surface area contributed by atoms with E-state index in [1.165, 1.54) is 32.4 Å². The highest BCUT2D eigenvalue weighted by molar-refractivity contribution is 4.80. The van der Waals surface area contributed by atoms with E-state index in [4.69, 9.17) is 0 Å². The lowest BCUT2D eigenvalue weighted by Gasteiger charge is -2.39. The molecule has 3 heteroatoms. The van der Waals surface area contributed by atoms with Crippen molar-refractivity contribution in [2.45, 2.75) is 58.2 Å². The van der Waals surface area contributed by atoms with E-state index in [1.54, 1.807) is 0 Å². The Morgan fingerprint density at radius 3 is 2.65 bits per heavy atom. The van der Waals surface area contributed by atoms with Gasteiger partial charge in [-0.1, -0.05) is 13.8 Å². The van der Waals surface area contributed by atoms with Crippen molar-refractivity contribution in [3.8, 4) is 0 Å². The summed E-state index contributed by atoms with van der Waals surface area (Å²) in [6, 6.07) is 2.04. The molecule has 17 heavy (non-hydrogen) atoms. The van der Waals surface area contributed by atoms with Crippen molar-refractivity contribution in [3.05, 3.63) is 0 Å². The summed E-state index contributed by atoms with van der Waals surface area (Å²) in [7, 11) is 4.54. The highest BCUT2D eigenvalue weighted by Gasteiger charge is 2.23. The van der Waals surface area contributed by atoms with Crippen molar-refractivity contribution in [2.24, 2.45) is 0 Å². The van der Waals surface area contributed by atoms with E-state index in [9.17, 15) is 0 Å². The average Bonchev–Trinajstić information content (AvgIpc) is 2.27. The van der Waals surface area contributed by atoms with Crippen molar-refractivity contribution in [3.63, 3.8) is 0 Å². The van der Waals surface area contributed by atoms with Crippen LogP contribution in [0.15, 0.2) is 0 Å². The molecule has 0 aromatic carbocycles. The first-order valence-corrected chi connectivity index (χ1v) is 7.14. The zero-order valence-corrected chi connectivity index (χ0v) is 12.4. The minimum atomic E-state index is 0.605. The summed E-state index contributed by atoms with van der Waals surface area (Å²) >= 11 is 0. The van der Waals surface area contributed by atoms with Crippen LogP contribution in [0.25, 0.3) is 0 Å². The Kier molecular flexibility index (Phi) is 6.45. The molecule has 0 radical (unpaired) electrons. The number of hydrogen-bond donors (Lipinski definition) is 1. The van der Waals surface area contributed by atoms with E-state index in [1.807, 2.05) is 0 Å². The summed E-state index contributed by atoms with van der Waals surface area (Å²) in [4.78, 5) is 5.04. The van der Waals surface area contributed by atoms with Crippen LogP contribution in [-0.2, 0) is 0 Å². The van der Waals surface area contributed by atoms with Crippen molar-refractivity contribution >= 4 is 0 Å². The predicted molar refractivity (Wildman–Crippen MR) is 75.5 cm³/mol. The fraction of sp³-hybridized carbons (Fsp3) is 1.00. The fourth-order valence-corrected chi connectivity index (χ4v) is 2.62. The standard InChI is InChI=1S/C14H31N3/c1-12(2)15-9-8-13(3)17(5)14-7-6-10-16(4)11-14/h12-15H,6-11H2,1-5H3. The highest BCUT2D eigenvalue weighted by Crippen LogP contribution is 2.16. The molecule has 3 nitrogen and oxygen atoms in total. The normalized spacial score (nSPS) is 24.5. The van der Waals surface area contributed by atoms with Gasteiger partial charge in [-0.25, -0.2) is 0 Å². The average molecular weight is 241 g/mol. The lowest BCUT2D eigenvalue weighted by molar-refractivity contribution is 0.101. The van der Waals surface area contributed by atoms with Gasteiger partial charge in [0.2, 0.25) is 0 Å². The number of rotatable bonds is 6. The topological polar surface area (TPSA) is 18.5 Å². The van der Waals surface area contributed by atoms with Gasteiger partial charge in [-0.05, 0) is 53.4 Å². The molecule has 1 N–H and O–H groups in total. The van der Waals surface area contributed by atoms with Crippen molar-refractivity contribution < 1.29 is 0 Å². The van der Waals surface area contributed by atoms with Crippen LogP contribution >= 0.6 is 0 Å². The Labute approximate surface area is 108 Å². The molecule has 1 aliphatic heterocycles. The van der Waals surface area contributed by atoms with Gasteiger partial charge in [-0.2, -0.15) is 0 Å². The maximum absolute atomic E-state index is 3.51. The van der Waals surface area contributed by atoms with Crippen LogP contribution in [0, 0.1) is 0 Å². The van der Waals surface area contributed by atoms with E-state index in [0.29, 0.717) is 12.1 Å². The van der Waals surface area contributed by atoms with Crippen molar-refractivity contribution in [2.75, 3.05) is 33.7 Å². The maximum Gasteiger partial charge on any atom is 0.0223 e. The molecule has 1 fully saturated rings. The number of hydrogen-bond acceptors (Lipinski definition) is 3. The molecule has 1 saturated heterocycles. The van der Waals surface area contributed by atoms with E-state index in [-0.39, 0.29) is 0 Å². The lowest BCUT2D eigenvalue weighted by Crippen LogP contribution is -2.48. The molecule has 0 saturated carbocycles. The smallest absolute Gasteiger partial charge is 0.0223 e. The predicted octanol–water partition coefficient (Wildman–Crippen LogP) is 1.79. The quantitative estimate of drug-likeness (QED) is 0.765. The minimum Gasteiger partial charge on any atom is -0.314 e. The van der Waals surface area contributed by atoms with Gasteiger partial charge in [0.25, 0.3) is 0 Å². The summed E-state index contributed by atoms with van der Waals surface area (Å²) in [6.45, 7) is 10.4. The van der Waals surface area contributed by atoms with E-state index in [0.717, 1.165) is 12.6 Å². The second kappa shape index (κ2) is 7.34. The van der Waals surface area contributed by atoms with Gasteiger partial charge in [0, 0.05) is 24.7 Å². The molecule has 1 rings (SSSR count). The van der Waals surface area contributed by atoms with Crippen molar-refractivity contribution in [1.29, 1.82) is 0 Å². The molecule has 0 aliphatic carbocycles. The maximum atomic E-state index is 3.51. The highest BCUT2D eigenvalue weighted by atomic mass is 15.2. The van der Waals surface area contributed by atoms with Gasteiger partial charge in [0.1, 0.15) is 0 Å². The summed E-state index contributed by atoms with van der Waals surface area (Å²) in [5.41, 5.74) is 0. The third kappa shape index (κ3) is 5.36. The number of nitrogens with one attached hydrogen (secondary N) is 1. The van der Waals surface area contributed by atoms with Crippen molar-refractivity contribution in [1.82, 2.24) is 15.1 Å². The van der Waals surface area contributed by atoms with Crippen LogP contribution in [0.4, 0.5) is 0 Å². The van der Waals surface area contributed by atoms with Gasteiger partial charge in [-0.15, -0.1) is 0 Å². The molecule has 2 atom stereocenters. The third-order valence-electron chi connectivity index (χ3n) is 3.99. The van der Waals surface area contributed by atoms with Crippen LogP contribution in [-0.4, -0.2) is 61.7 Å². The Bertz CT molecular complexity index is 206. The first-order chi connectivity index (χ1) is 8.00. The zero-order chi connectivity index (χ0) is 12.8. The molecule has 1 aliphatic rings. The largest absolute Gasteiger partial charge is 0.314 e. The Hall–Kier alpha value is -0.120. The van der Waals surface area contributed by atoms with Gasteiger partial charge < -0.3 is 10.2 Å². The molecule has 0 aromatic heterocycles. The summed E-state index contributed by atoms with van der Waals surface area (Å²) in [5.74, 6) is 0. The Balaban J connectivity index is 2.27. The number of nitrogens with zero attached hydrogens (tertiary/aromatic N) is 2. The second-order valence-electron chi connectivity index (χ2n) is 5.97. The molecular formula is C14H31N3. The molecule has 102 valence electrons. The lowest BCUT2D eigenvalue weighted by atomic mass is 10.0. The molecule has 0 spiro atoms. The molecule has 1 heterocycles. The van der Waals surface area contributed by atoms with Gasteiger partial charge in [-0.3, -0.25) is 4.90 Å². The van der Waals surface area contributed by atoms with Gasteiger partial charge in [0.15, 0.2) is 0 Å². The van der Waals surface area contributed by atoms with Crippen LogP contribution < -0.4 is 5.32 Å². The molecule has 0 aromatic rings. The number of likely N-dealkylation sites (N-methyl/N-ethyl adjacent to an activating group) is 2. The Morgan fingerprint density at radius 2 is 2.06 bits per heavy atom. The van der Waals surface area contributed by atoms with Crippen LogP contribution in [0.5, 0.6) is 0 Å². The first kappa shape index (κ1) is 14.9. The minimum absolute atomic E-state index is 0.605. The molecule has 2 unspecified atom stereocenters. The molecule has 0 bridgehead atoms. The monoisotopic (exact) mass is 241 g/mol. The van der Waals surface area contributed by atoms with Crippen LogP contribution in [0.1, 0.15) is 40.0 Å². The summed E-state index contributed by atoms with van der Waals surface area (Å²) in [5, 5.41) is 3.51. The summed E-state index contributed by atoms with van der Waals surface area (Å²) < 4.78 is 0. The van der Waals surface area contributed by atoms with Crippen LogP contribution in [0.3, 0.4) is 0 Å². The van der Waals surface area contributed by atoms with Crippen LogP contribution in [0.2, 0.25) is 0 Å². The second-order valence-corrected chi connectivity index (χ2v) is 5.97. The SMILES string of the molecule is CC(C)NCCC(C)N(C)C1CCCN(C)C1. The van der Waals surface area contributed by atoms with E-state index < -0.39 is 0 Å². The van der Waals surface area contributed by atoms with E-state index >= 15 is 0 Å². The fourth-order valence-electron chi connectivity index (χ4n) is 2.62. The van der Waals surface area contributed by atoms with Gasteiger partial charge in [0.05, 0.1) is 0 Å². The summed E-state index contributed by atoms with van der Waals surface area (Å²) in [6.07, 6.45) is 3.96. The Morgan fingerprint density at radius 1 is 1.35 bits per heavy atom. The van der Waals surface area contributed by atoms with E-state index in [2.05, 4.69) is 50.0 Å². The van der Waals surface area contributed by atoms with Gasteiger partial charge >= 0.3 is 0 Å². The number of likely N-dealkylation sites (tertiary alicyclic amines) is 1. The molecular weight excluding hydrogens is 210 g/mol. The number of piperidine rings is 1. The zero-order valence-electron chi connectivity index (χ0n) is 12.4. The molecule has 0 amide bonds. The first-order valence-electron chi connectivity index (χ1n) is 7.14.